The number of carbonyl (C=O) groups is 2. The van der Waals surface area contributed by atoms with E-state index in [1.54, 1.807) is 0 Å². The number of allylic oxidation sites excluding steroid dienone is 1. The van der Waals surface area contributed by atoms with Gasteiger partial charge in [-0.25, -0.2) is 0 Å². The molecule has 0 aliphatic heterocycles. The van der Waals surface area contributed by atoms with Crippen LogP contribution in [0.1, 0.15) is 61.3 Å². The molecule has 0 aliphatic carbocycles. The van der Waals surface area contributed by atoms with Gasteiger partial charge in [0.2, 0.25) is 0 Å². The molecule has 2 amide bonds. The maximum absolute atomic E-state index is 12.4. The Morgan fingerprint density at radius 3 is 1.70 bits per heavy atom. The Labute approximate surface area is 206 Å². The number of nitrogens with one attached hydrogen (secondary N) is 2. The average molecular weight is 651 g/mol. The molecule has 0 saturated heterocycles. The SMILES string of the molecule is C=C(CCCN(CCNC(=O)C(C)(C)C)CCNC(=O)C(C)(C)[Te]C)C(C)(C)[Te]C. The molecule has 7 heteroatoms. The van der Waals surface area contributed by atoms with Crippen molar-refractivity contribution in [2.24, 2.45) is 5.41 Å². The van der Waals surface area contributed by atoms with Crippen molar-refractivity contribution < 1.29 is 9.59 Å². The van der Waals surface area contributed by atoms with E-state index in [-0.39, 0.29) is 62.5 Å². The number of hydrogen-bond acceptors (Lipinski definition) is 3. The van der Waals surface area contributed by atoms with E-state index in [0.717, 1.165) is 32.5 Å². The predicted molar refractivity (Wildman–Crippen MR) is 132 cm³/mol. The summed E-state index contributed by atoms with van der Waals surface area (Å²) in [5, 5.41) is 6.16. The number of amides is 2. The van der Waals surface area contributed by atoms with E-state index in [1.165, 1.54) is 5.57 Å². The van der Waals surface area contributed by atoms with Crippen molar-refractivity contribution in [3.63, 3.8) is 0 Å². The Morgan fingerprint density at radius 2 is 1.27 bits per heavy atom. The fraction of sp³-hybridized carbons (Fsp3) is 0.826. The van der Waals surface area contributed by atoms with E-state index in [9.17, 15) is 9.59 Å². The van der Waals surface area contributed by atoms with Crippen LogP contribution in [0.2, 0.25) is 16.9 Å². The van der Waals surface area contributed by atoms with Crippen molar-refractivity contribution in [3.8, 4) is 0 Å². The van der Waals surface area contributed by atoms with Crippen LogP contribution < -0.4 is 10.6 Å². The maximum atomic E-state index is 12.4. The molecule has 0 bridgehead atoms. The van der Waals surface area contributed by atoms with Gasteiger partial charge in [0.1, 0.15) is 0 Å². The van der Waals surface area contributed by atoms with E-state index in [4.69, 9.17) is 0 Å². The van der Waals surface area contributed by atoms with Crippen LogP contribution in [0.15, 0.2) is 12.2 Å². The second-order valence-corrected chi connectivity index (χ2v) is 17.9. The fourth-order valence-corrected chi connectivity index (χ4v) is 4.37. The van der Waals surface area contributed by atoms with Gasteiger partial charge in [0.05, 0.1) is 0 Å². The molecular formula is C23H45N3O2Te2. The average Bonchev–Trinajstić information content (AvgIpc) is 2.66. The summed E-state index contributed by atoms with van der Waals surface area (Å²) in [7, 11) is 0. The number of nitrogens with zero attached hydrogens (tertiary/aromatic N) is 1. The summed E-state index contributed by atoms with van der Waals surface area (Å²) in [5.41, 5.74) is 0.984. The van der Waals surface area contributed by atoms with Crippen LogP contribution in [0.25, 0.3) is 0 Å². The standard InChI is InChI=1S/C23H45N3O2Te2/c1-18(22(5,6)29-9)12-11-15-26(16-13-24-19(27)21(2,3)4)17-14-25-20(28)23(7,8)30-10/h1,11-17H2,2-10H3,(H,24,27)(H,25,28). The molecule has 5 nitrogen and oxygen atoms in total. The Balaban J connectivity index is 4.70. The first-order valence-corrected chi connectivity index (χ1v) is 17.7. The second-order valence-electron chi connectivity index (χ2n) is 9.74. The first-order chi connectivity index (χ1) is 13.7. The van der Waals surface area contributed by atoms with Crippen LogP contribution in [0.4, 0.5) is 0 Å². The fourth-order valence-electron chi connectivity index (χ4n) is 2.52. The molecule has 0 aromatic rings. The van der Waals surface area contributed by atoms with Gasteiger partial charge in [0.15, 0.2) is 0 Å². The van der Waals surface area contributed by atoms with Crippen LogP contribution >= 0.6 is 0 Å². The second kappa shape index (κ2) is 13.7. The molecule has 0 spiro atoms. The van der Waals surface area contributed by atoms with Crippen LogP contribution in [0.5, 0.6) is 0 Å². The van der Waals surface area contributed by atoms with Gasteiger partial charge < -0.3 is 0 Å². The molecular weight excluding hydrogens is 605 g/mol. The van der Waals surface area contributed by atoms with Gasteiger partial charge in [-0.15, -0.1) is 0 Å². The van der Waals surface area contributed by atoms with Crippen LogP contribution in [-0.2, 0) is 9.59 Å². The third-order valence-corrected chi connectivity index (χ3v) is 12.7. The summed E-state index contributed by atoms with van der Waals surface area (Å²) in [4.78, 5) is 31.4. The Kier molecular flexibility index (Phi) is 13.8. The molecule has 0 aromatic heterocycles. The zero-order valence-corrected chi connectivity index (χ0v) is 25.4. The zero-order valence-electron chi connectivity index (χ0n) is 20.7. The van der Waals surface area contributed by atoms with Crippen molar-refractivity contribution >= 4 is 53.7 Å². The quantitative estimate of drug-likeness (QED) is 0.222. The van der Waals surface area contributed by atoms with Gasteiger partial charge in [-0.05, 0) is 0 Å². The minimum absolute atomic E-state index is 0.0539. The van der Waals surface area contributed by atoms with E-state index < -0.39 is 0 Å². The molecule has 30 heavy (non-hydrogen) atoms. The van der Waals surface area contributed by atoms with Gasteiger partial charge in [-0.2, -0.15) is 0 Å². The third kappa shape index (κ3) is 11.7. The molecule has 0 rings (SSSR count). The van der Waals surface area contributed by atoms with Gasteiger partial charge in [-0.3, -0.25) is 0 Å². The van der Waals surface area contributed by atoms with Gasteiger partial charge in [0.25, 0.3) is 0 Å². The number of hydrogen-bond donors (Lipinski definition) is 2. The monoisotopic (exact) mass is 655 g/mol. The molecule has 0 heterocycles. The van der Waals surface area contributed by atoms with E-state index >= 15 is 0 Å². The Morgan fingerprint density at radius 1 is 0.800 bits per heavy atom. The molecule has 0 unspecified atom stereocenters. The number of carbonyl (C=O) groups excluding carboxylic acids is 2. The Bertz CT molecular complexity index is 535. The minimum atomic E-state index is -0.374. The first kappa shape index (κ1) is 30.2. The van der Waals surface area contributed by atoms with E-state index in [2.05, 4.69) is 45.9 Å². The normalized spacial score (nSPS) is 12.7. The summed E-state index contributed by atoms with van der Waals surface area (Å²) in [6, 6.07) is 0. The van der Waals surface area contributed by atoms with Crippen LogP contribution in [-0.4, -0.2) is 91.3 Å². The van der Waals surface area contributed by atoms with E-state index in [1.807, 2.05) is 34.6 Å². The van der Waals surface area contributed by atoms with Gasteiger partial charge in [-0.1, -0.05) is 0 Å². The summed E-state index contributed by atoms with van der Waals surface area (Å²) in [6.07, 6.45) is 2.10. The van der Waals surface area contributed by atoms with Crippen molar-refractivity contribution in [3.05, 3.63) is 12.2 Å². The summed E-state index contributed by atoms with van der Waals surface area (Å²) in [5.74, 6) is 0.240. The molecule has 0 radical (unpaired) electrons. The summed E-state index contributed by atoms with van der Waals surface area (Å²) in [6.45, 7) is 22.6. The van der Waals surface area contributed by atoms with Crippen molar-refractivity contribution in [2.75, 3.05) is 32.7 Å². The van der Waals surface area contributed by atoms with E-state index in [0.29, 0.717) is 16.6 Å². The molecule has 0 fully saturated rings. The Hall–Kier alpha value is 0.219. The van der Waals surface area contributed by atoms with Crippen LogP contribution in [0, 0.1) is 5.41 Å². The zero-order chi connectivity index (χ0) is 23.6. The predicted octanol–water partition coefficient (Wildman–Crippen LogP) is 3.80. The third-order valence-electron chi connectivity index (χ3n) is 5.48. The molecule has 0 aromatic carbocycles. The van der Waals surface area contributed by atoms with Gasteiger partial charge in [0, 0.05) is 0 Å². The molecule has 0 saturated carbocycles. The molecule has 2 N–H and O–H groups in total. The van der Waals surface area contributed by atoms with Crippen molar-refractivity contribution in [1.82, 2.24) is 15.5 Å². The molecule has 176 valence electrons. The summed E-state index contributed by atoms with van der Waals surface area (Å²) < 4.78 is 0.101. The van der Waals surface area contributed by atoms with Crippen molar-refractivity contribution in [2.45, 2.75) is 78.2 Å². The molecule has 0 aliphatic rings. The first-order valence-electron chi connectivity index (χ1n) is 10.7. The topological polar surface area (TPSA) is 61.4 Å². The van der Waals surface area contributed by atoms with Crippen molar-refractivity contribution in [1.29, 1.82) is 0 Å². The molecule has 0 atom stereocenters. The number of rotatable bonds is 14. The summed E-state index contributed by atoms with van der Waals surface area (Å²) >= 11 is -0.382. The van der Waals surface area contributed by atoms with Crippen LogP contribution in [0.3, 0.4) is 0 Å². The van der Waals surface area contributed by atoms with Gasteiger partial charge >= 0.3 is 207 Å².